The number of halogens is 1. The fourth-order valence-electron chi connectivity index (χ4n) is 1.61. The molecule has 0 aliphatic heterocycles. The molecule has 2 unspecified atom stereocenters. The average molecular weight is 274 g/mol. The summed E-state index contributed by atoms with van der Waals surface area (Å²) in [5.74, 6) is 0.861. The first-order valence-electron chi connectivity index (χ1n) is 5.89. The predicted octanol–water partition coefficient (Wildman–Crippen LogP) is 3.06. The maximum Gasteiger partial charge on any atom is 0.0565 e. The van der Waals surface area contributed by atoms with Crippen molar-refractivity contribution in [2.45, 2.75) is 36.8 Å². The van der Waals surface area contributed by atoms with Crippen LogP contribution in [0.3, 0.4) is 0 Å². The van der Waals surface area contributed by atoms with Crippen LogP contribution in [0.25, 0.3) is 0 Å². The normalized spacial score (nSPS) is 14.6. The monoisotopic (exact) mass is 273 g/mol. The molecule has 0 aromatic heterocycles. The number of rotatable bonds is 7. The van der Waals surface area contributed by atoms with Crippen LogP contribution in [0.2, 0.25) is 5.02 Å². The van der Waals surface area contributed by atoms with Crippen molar-refractivity contribution >= 4 is 23.4 Å². The molecule has 0 bridgehead atoms. The van der Waals surface area contributed by atoms with E-state index in [0.29, 0.717) is 0 Å². The Bertz CT molecular complexity index is 318. The second kappa shape index (κ2) is 7.98. The van der Waals surface area contributed by atoms with Crippen LogP contribution in [-0.2, 0) is 5.75 Å². The first-order valence-corrected chi connectivity index (χ1v) is 7.32. The highest BCUT2D eigenvalue weighted by atomic mass is 35.5. The summed E-state index contributed by atoms with van der Waals surface area (Å²) < 4.78 is 0. The van der Waals surface area contributed by atoms with Gasteiger partial charge < -0.3 is 10.8 Å². The zero-order chi connectivity index (χ0) is 12.7. The standard InChI is InChI=1S/C13H20ClNOS/c1-2-3-12(15)13(8-16)17-9-10-4-6-11(14)7-5-10/h4-7,12-13,16H,2-3,8-9,15H2,1H3. The predicted molar refractivity (Wildman–Crippen MR) is 76.5 cm³/mol. The van der Waals surface area contributed by atoms with Crippen molar-refractivity contribution in [3.05, 3.63) is 34.9 Å². The van der Waals surface area contributed by atoms with E-state index >= 15 is 0 Å². The Hall–Kier alpha value is -0.220. The molecule has 17 heavy (non-hydrogen) atoms. The number of benzene rings is 1. The molecule has 96 valence electrons. The van der Waals surface area contributed by atoms with Crippen molar-refractivity contribution < 1.29 is 5.11 Å². The maximum atomic E-state index is 9.32. The summed E-state index contributed by atoms with van der Waals surface area (Å²) in [5.41, 5.74) is 7.24. The molecule has 0 saturated carbocycles. The lowest BCUT2D eigenvalue weighted by atomic mass is 10.1. The van der Waals surface area contributed by atoms with Gasteiger partial charge in [0.25, 0.3) is 0 Å². The highest BCUT2D eigenvalue weighted by Gasteiger charge is 2.16. The van der Waals surface area contributed by atoms with E-state index in [0.717, 1.165) is 23.6 Å². The Balaban J connectivity index is 2.44. The van der Waals surface area contributed by atoms with Crippen molar-refractivity contribution in [2.75, 3.05) is 6.61 Å². The van der Waals surface area contributed by atoms with Crippen molar-refractivity contribution in [3.63, 3.8) is 0 Å². The fourth-order valence-corrected chi connectivity index (χ4v) is 2.83. The third-order valence-electron chi connectivity index (χ3n) is 2.66. The van der Waals surface area contributed by atoms with Gasteiger partial charge >= 0.3 is 0 Å². The lowest BCUT2D eigenvalue weighted by Crippen LogP contribution is -2.34. The van der Waals surface area contributed by atoms with E-state index in [1.54, 1.807) is 11.8 Å². The third-order valence-corrected chi connectivity index (χ3v) is 4.34. The zero-order valence-electron chi connectivity index (χ0n) is 10.1. The molecule has 2 nitrogen and oxygen atoms in total. The molecule has 0 saturated heterocycles. The molecule has 4 heteroatoms. The number of aliphatic hydroxyl groups excluding tert-OH is 1. The number of aliphatic hydroxyl groups is 1. The van der Waals surface area contributed by atoms with Crippen molar-refractivity contribution in [3.8, 4) is 0 Å². The third kappa shape index (κ3) is 5.30. The molecule has 0 radical (unpaired) electrons. The van der Waals surface area contributed by atoms with Gasteiger partial charge in [0.1, 0.15) is 0 Å². The minimum atomic E-state index is 0.0716. The second-order valence-electron chi connectivity index (χ2n) is 4.11. The summed E-state index contributed by atoms with van der Waals surface area (Å²) in [5, 5.41) is 10.2. The van der Waals surface area contributed by atoms with E-state index in [-0.39, 0.29) is 17.9 Å². The highest BCUT2D eigenvalue weighted by molar-refractivity contribution is 7.99. The maximum absolute atomic E-state index is 9.32. The minimum absolute atomic E-state index is 0.0716. The van der Waals surface area contributed by atoms with Crippen molar-refractivity contribution in [1.29, 1.82) is 0 Å². The molecular formula is C13H20ClNOS. The van der Waals surface area contributed by atoms with Gasteiger partial charge in [0.2, 0.25) is 0 Å². The molecule has 0 amide bonds. The summed E-state index contributed by atoms with van der Waals surface area (Å²) in [6, 6.07) is 7.86. The first-order chi connectivity index (χ1) is 8.17. The van der Waals surface area contributed by atoms with Gasteiger partial charge in [0, 0.05) is 22.1 Å². The zero-order valence-corrected chi connectivity index (χ0v) is 11.7. The van der Waals surface area contributed by atoms with Gasteiger partial charge in [0.05, 0.1) is 6.61 Å². The second-order valence-corrected chi connectivity index (χ2v) is 5.77. The van der Waals surface area contributed by atoms with Gasteiger partial charge in [-0.25, -0.2) is 0 Å². The molecule has 1 rings (SSSR count). The SMILES string of the molecule is CCCC(N)C(CO)SCc1ccc(Cl)cc1. The molecule has 0 aliphatic carbocycles. The lowest BCUT2D eigenvalue weighted by molar-refractivity contribution is 0.279. The molecular weight excluding hydrogens is 254 g/mol. The highest BCUT2D eigenvalue weighted by Crippen LogP contribution is 2.22. The average Bonchev–Trinajstić information content (AvgIpc) is 2.32. The van der Waals surface area contributed by atoms with E-state index in [1.165, 1.54) is 5.56 Å². The van der Waals surface area contributed by atoms with E-state index in [2.05, 4.69) is 6.92 Å². The van der Waals surface area contributed by atoms with Gasteiger partial charge in [-0.1, -0.05) is 37.1 Å². The van der Waals surface area contributed by atoms with Gasteiger partial charge in [-0.15, -0.1) is 11.8 Å². The molecule has 2 atom stereocenters. The largest absolute Gasteiger partial charge is 0.395 e. The Morgan fingerprint density at radius 1 is 1.35 bits per heavy atom. The van der Waals surface area contributed by atoms with E-state index < -0.39 is 0 Å². The number of hydrogen-bond donors (Lipinski definition) is 2. The summed E-state index contributed by atoms with van der Waals surface area (Å²) in [6.07, 6.45) is 2.01. The van der Waals surface area contributed by atoms with E-state index in [1.807, 2.05) is 24.3 Å². The Morgan fingerprint density at radius 2 is 2.00 bits per heavy atom. The number of hydrogen-bond acceptors (Lipinski definition) is 3. The molecule has 3 N–H and O–H groups in total. The molecule has 0 fully saturated rings. The van der Waals surface area contributed by atoms with Crippen LogP contribution in [0.4, 0.5) is 0 Å². The topological polar surface area (TPSA) is 46.2 Å². The van der Waals surface area contributed by atoms with E-state index in [4.69, 9.17) is 17.3 Å². The molecule has 1 aromatic rings. The molecule has 0 heterocycles. The van der Waals surface area contributed by atoms with Crippen LogP contribution in [0.5, 0.6) is 0 Å². The van der Waals surface area contributed by atoms with Crippen LogP contribution in [0, 0.1) is 0 Å². The fraction of sp³-hybridized carbons (Fsp3) is 0.538. The number of nitrogens with two attached hydrogens (primary N) is 1. The summed E-state index contributed by atoms with van der Waals surface area (Å²) in [6.45, 7) is 2.25. The van der Waals surface area contributed by atoms with Crippen LogP contribution >= 0.6 is 23.4 Å². The van der Waals surface area contributed by atoms with Gasteiger partial charge in [-0.2, -0.15) is 0 Å². The van der Waals surface area contributed by atoms with Crippen molar-refractivity contribution in [2.24, 2.45) is 5.73 Å². The quantitative estimate of drug-likeness (QED) is 0.803. The van der Waals surface area contributed by atoms with Gasteiger partial charge in [-0.3, -0.25) is 0 Å². The molecule has 1 aromatic carbocycles. The Kier molecular flexibility index (Phi) is 6.97. The molecule has 0 spiro atoms. The Labute approximate surface area is 113 Å². The minimum Gasteiger partial charge on any atom is -0.395 e. The van der Waals surface area contributed by atoms with Crippen molar-refractivity contribution in [1.82, 2.24) is 0 Å². The summed E-state index contributed by atoms with van der Waals surface area (Å²) >= 11 is 7.54. The van der Waals surface area contributed by atoms with Gasteiger partial charge in [0.15, 0.2) is 0 Å². The first kappa shape index (κ1) is 14.8. The van der Waals surface area contributed by atoms with Crippen LogP contribution < -0.4 is 5.73 Å². The lowest BCUT2D eigenvalue weighted by Gasteiger charge is -2.21. The smallest absolute Gasteiger partial charge is 0.0565 e. The van der Waals surface area contributed by atoms with E-state index in [9.17, 15) is 5.11 Å². The Morgan fingerprint density at radius 3 is 2.53 bits per heavy atom. The van der Waals surface area contributed by atoms with Crippen LogP contribution in [-0.4, -0.2) is 23.0 Å². The molecule has 0 aliphatic rings. The summed E-state index contributed by atoms with van der Waals surface area (Å²) in [4.78, 5) is 0. The number of thioether (sulfide) groups is 1. The van der Waals surface area contributed by atoms with Crippen LogP contribution in [0.15, 0.2) is 24.3 Å². The summed E-state index contributed by atoms with van der Waals surface area (Å²) in [7, 11) is 0. The van der Waals surface area contributed by atoms with Gasteiger partial charge in [-0.05, 0) is 24.1 Å². The van der Waals surface area contributed by atoms with Crippen LogP contribution in [0.1, 0.15) is 25.3 Å².